The molecule has 1 unspecified atom stereocenters. The van der Waals surface area contributed by atoms with Crippen molar-refractivity contribution in [1.82, 2.24) is 4.98 Å². The largest absolute Gasteiger partial charge is 0.321 e. The third-order valence-corrected chi connectivity index (χ3v) is 4.05. The lowest BCUT2D eigenvalue weighted by molar-refractivity contribution is 0.483. The minimum absolute atomic E-state index is 0.364. The molecule has 0 saturated heterocycles. The van der Waals surface area contributed by atoms with Crippen molar-refractivity contribution in [3.8, 4) is 0 Å². The molecular weight excluding hydrogens is 240 g/mol. The fraction of sp³-hybridized carbons (Fsp3) is 0.400. The highest BCUT2D eigenvalue weighted by atomic mass is 32.1. The number of thiazole rings is 1. The fourth-order valence-corrected chi connectivity index (χ4v) is 2.92. The second-order valence-electron chi connectivity index (χ2n) is 5.27. The normalized spacial score (nSPS) is 14.5. The Hall–Kier alpha value is -1.19. The van der Waals surface area contributed by atoms with Gasteiger partial charge in [-0.15, -0.1) is 11.3 Å². The Balaban J connectivity index is 2.32. The summed E-state index contributed by atoms with van der Waals surface area (Å²) >= 11 is 1.68. The summed E-state index contributed by atoms with van der Waals surface area (Å²) in [5, 5.41) is 3.20. The van der Waals surface area contributed by atoms with E-state index in [2.05, 4.69) is 49.3 Å². The molecule has 1 atom stereocenters. The van der Waals surface area contributed by atoms with Gasteiger partial charge in [-0.05, 0) is 38.8 Å². The first-order valence-electron chi connectivity index (χ1n) is 6.16. The highest BCUT2D eigenvalue weighted by Gasteiger charge is 2.24. The molecule has 0 spiro atoms. The molecule has 1 heterocycles. The van der Waals surface area contributed by atoms with Gasteiger partial charge in [0.15, 0.2) is 0 Å². The maximum atomic E-state index is 6.51. The van der Waals surface area contributed by atoms with Crippen LogP contribution in [-0.2, 0) is 12.0 Å². The fourth-order valence-electron chi connectivity index (χ4n) is 2.31. The van der Waals surface area contributed by atoms with Gasteiger partial charge in [0.05, 0.1) is 10.7 Å². The molecule has 0 saturated carbocycles. The lowest BCUT2D eigenvalue weighted by Gasteiger charge is -2.26. The number of nitrogens with two attached hydrogens (primary N) is 1. The number of hydrogen-bond acceptors (Lipinski definition) is 3. The van der Waals surface area contributed by atoms with Crippen molar-refractivity contribution in [1.29, 1.82) is 0 Å². The topological polar surface area (TPSA) is 38.9 Å². The SMILES string of the molecule is Cc1ccc(C)c(C(C)(N)Cc2csc(C)n2)c1. The number of aryl methyl sites for hydroxylation is 3. The van der Waals surface area contributed by atoms with Crippen LogP contribution in [0, 0.1) is 20.8 Å². The predicted octanol–water partition coefficient (Wildman–Crippen LogP) is 3.48. The standard InChI is InChI=1S/C15H20N2S/c1-10-5-6-11(2)14(7-10)15(4,16)8-13-9-18-12(3)17-13/h5-7,9H,8,16H2,1-4H3. The van der Waals surface area contributed by atoms with E-state index >= 15 is 0 Å². The molecule has 0 radical (unpaired) electrons. The zero-order valence-corrected chi connectivity index (χ0v) is 12.3. The van der Waals surface area contributed by atoms with Gasteiger partial charge in [-0.2, -0.15) is 0 Å². The van der Waals surface area contributed by atoms with Gasteiger partial charge in [-0.1, -0.05) is 23.8 Å². The van der Waals surface area contributed by atoms with E-state index in [-0.39, 0.29) is 5.54 Å². The van der Waals surface area contributed by atoms with Gasteiger partial charge in [0, 0.05) is 17.3 Å². The van der Waals surface area contributed by atoms with E-state index in [0.717, 1.165) is 17.1 Å². The summed E-state index contributed by atoms with van der Waals surface area (Å²) < 4.78 is 0. The molecule has 2 aromatic rings. The van der Waals surface area contributed by atoms with Gasteiger partial charge in [0.1, 0.15) is 0 Å². The summed E-state index contributed by atoms with van der Waals surface area (Å²) in [7, 11) is 0. The first-order valence-corrected chi connectivity index (χ1v) is 7.04. The summed E-state index contributed by atoms with van der Waals surface area (Å²) in [5.74, 6) is 0. The summed E-state index contributed by atoms with van der Waals surface area (Å²) in [4.78, 5) is 4.51. The zero-order chi connectivity index (χ0) is 13.3. The van der Waals surface area contributed by atoms with E-state index < -0.39 is 0 Å². The molecule has 18 heavy (non-hydrogen) atoms. The summed E-state index contributed by atoms with van der Waals surface area (Å²) in [5.41, 5.74) is 11.0. The van der Waals surface area contributed by atoms with Crippen molar-refractivity contribution in [2.24, 2.45) is 5.73 Å². The Morgan fingerprint density at radius 2 is 2.00 bits per heavy atom. The van der Waals surface area contributed by atoms with Crippen LogP contribution in [0.15, 0.2) is 23.6 Å². The Labute approximate surface area is 113 Å². The van der Waals surface area contributed by atoms with Crippen LogP contribution in [0.3, 0.4) is 0 Å². The van der Waals surface area contributed by atoms with Crippen LogP contribution < -0.4 is 5.73 Å². The van der Waals surface area contributed by atoms with E-state index in [1.807, 2.05) is 6.92 Å². The van der Waals surface area contributed by atoms with Gasteiger partial charge < -0.3 is 5.73 Å². The van der Waals surface area contributed by atoms with E-state index in [1.54, 1.807) is 11.3 Å². The third kappa shape index (κ3) is 2.79. The van der Waals surface area contributed by atoms with Crippen LogP contribution in [-0.4, -0.2) is 4.98 Å². The van der Waals surface area contributed by atoms with Crippen molar-refractivity contribution in [3.05, 3.63) is 51.0 Å². The maximum Gasteiger partial charge on any atom is 0.0897 e. The van der Waals surface area contributed by atoms with Crippen LogP contribution in [0.4, 0.5) is 0 Å². The minimum atomic E-state index is -0.364. The molecule has 1 aromatic heterocycles. The van der Waals surface area contributed by atoms with Crippen LogP contribution in [0.1, 0.15) is 34.3 Å². The van der Waals surface area contributed by atoms with Crippen molar-refractivity contribution in [2.75, 3.05) is 0 Å². The zero-order valence-electron chi connectivity index (χ0n) is 11.4. The second-order valence-corrected chi connectivity index (χ2v) is 6.33. The number of aromatic nitrogens is 1. The summed E-state index contributed by atoms with van der Waals surface area (Å²) in [6, 6.07) is 6.46. The Kier molecular flexibility index (Phi) is 3.55. The van der Waals surface area contributed by atoms with Crippen LogP contribution in [0.2, 0.25) is 0 Å². The van der Waals surface area contributed by atoms with Gasteiger partial charge in [0.2, 0.25) is 0 Å². The molecule has 0 aliphatic rings. The van der Waals surface area contributed by atoms with E-state index in [1.165, 1.54) is 16.7 Å². The van der Waals surface area contributed by atoms with Gasteiger partial charge >= 0.3 is 0 Å². The average molecular weight is 260 g/mol. The van der Waals surface area contributed by atoms with Crippen molar-refractivity contribution in [3.63, 3.8) is 0 Å². The average Bonchev–Trinajstić information content (AvgIpc) is 2.66. The van der Waals surface area contributed by atoms with Gasteiger partial charge in [0.25, 0.3) is 0 Å². The molecule has 0 aliphatic heterocycles. The number of hydrogen-bond donors (Lipinski definition) is 1. The number of nitrogens with zero attached hydrogens (tertiary/aromatic N) is 1. The number of rotatable bonds is 3. The summed E-state index contributed by atoms with van der Waals surface area (Å²) in [6.07, 6.45) is 0.779. The third-order valence-electron chi connectivity index (χ3n) is 3.22. The predicted molar refractivity (Wildman–Crippen MR) is 78.0 cm³/mol. The summed E-state index contributed by atoms with van der Waals surface area (Å²) in [6.45, 7) is 8.33. The van der Waals surface area contributed by atoms with E-state index in [9.17, 15) is 0 Å². The maximum absolute atomic E-state index is 6.51. The lowest BCUT2D eigenvalue weighted by Crippen LogP contribution is -2.36. The van der Waals surface area contributed by atoms with E-state index in [0.29, 0.717) is 0 Å². The molecule has 3 heteroatoms. The smallest absolute Gasteiger partial charge is 0.0897 e. The second kappa shape index (κ2) is 4.82. The monoisotopic (exact) mass is 260 g/mol. The van der Waals surface area contributed by atoms with Crippen LogP contribution in [0.5, 0.6) is 0 Å². The molecule has 0 fully saturated rings. The van der Waals surface area contributed by atoms with Crippen molar-refractivity contribution < 1.29 is 0 Å². The molecule has 0 bridgehead atoms. The highest BCUT2D eigenvalue weighted by molar-refractivity contribution is 7.09. The molecule has 1 aromatic carbocycles. The lowest BCUT2D eigenvalue weighted by atomic mass is 9.85. The minimum Gasteiger partial charge on any atom is -0.321 e. The van der Waals surface area contributed by atoms with Crippen molar-refractivity contribution >= 4 is 11.3 Å². The van der Waals surface area contributed by atoms with Crippen molar-refractivity contribution in [2.45, 2.75) is 39.7 Å². The quantitative estimate of drug-likeness (QED) is 0.917. The molecule has 0 aliphatic carbocycles. The first-order chi connectivity index (χ1) is 8.38. The number of benzene rings is 1. The molecule has 0 amide bonds. The van der Waals surface area contributed by atoms with Gasteiger partial charge in [-0.25, -0.2) is 4.98 Å². The Morgan fingerprint density at radius 1 is 1.28 bits per heavy atom. The van der Waals surface area contributed by atoms with Crippen LogP contribution >= 0.6 is 11.3 Å². The first kappa shape index (κ1) is 13.2. The highest BCUT2D eigenvalue weighted by Crippen LogP contribution is 2.27. The molecule has 96 valence electrons. The Bertz CT molecular complexity index is 555. The molecule has 2 N–H and O–H groups in total. The molecule has 2 rings (SSSR count). The Morgan fingerprint density at radius 3 is 2.61 bits per heavy atom. The molecule has 2 nitrogen and oxygen atoms in total. The molecular formula is C15H20N2S. The van der Waals surface area contributed by atoms with Crippen LogP contribution in [0.25, 0.3) is 0 Å². The van der Waals surface area contributed by atoms with Gasteiger partial charge in [-0.3, -0.25) is 0 Å². The van der Waals surface area contributed by atoms with E-state index in [4.69, 9.17) is 5.73 Å².